The molecule has 0 amide bonds. The molecule has 1 heterocycles. The third kappa shape index (κ3) is 5.34. The Morgan fingerprint density at radius 3 is 2.83 bits per heavy atom. The molecular formula is C15H25NOS. The molecule has 0 bridgehead atoms. The van der Waals surface area contributed by atoms with Gasteiger partial charge in [-0.25, -0.2) is 0 Å². The van der Waals surface area contributed by atoms with E-state index in [9.17, 15) is 5.11 Å². The Morgan fingerprint density at radius 1 is 1.56 bits per heavy atom. The summed E-state index contributed by atoms with van der Waals surface area (Å²) in [6.07, 6.45) is 4.46. The average Bonchev–Trinajstić information content (AvgIpc) is 2.80. The Balaban J connectivity index is 2.34. The Hall–Kier alpha value is -0.640. The van der Waals surface area contributed by atoms with Crippen LogP contribution in [0.25, 0.3) is 0 Å². The first kappa shape index (κ1) is 15.4. The fraction of sp³-hybridized carbons (Fsp3) is 0.600. The summed E-state index contributed by atoms with van der Waals surface area (Å²) in [5.41, 5.74) is 1.59. The van der Waals surface area contributed by atoms with Gasteiger partial charge in [-0.05, 0) is 62.9 Å². The summed E-state index contributed by atoms with van der Waals surface area (Å²) in [6, 6.07) is 2.41. The summed E-state index contributed by atoms with van der Waals surface area (Å²) >= 11 is 1.62. The van der Waals surface area contributed by atoms with Crippen molar-refractivity contribution in [2.45, 2.75) is 52.2 Å². The first-order chi connectivity index (χ1) is 8.42. The van der Waals surface area contributed by atoms with Crippen LogP contribution in [0, 0.1) is 0 Å². The van der Waals surface area contributed by atoms with Crippen molar-refractivity contribution >= 4 is 11.3 Å². The average molecular weight is 267 g/mol. The molecule has 0 aromatic carbocycles. The third-order valence-corrected chi connectivity index (χ3v) is 3.77. The van der Waals surface area contributed by atoms with Gasteiger partial charge in [0.2, 0.25) is 0 Å². The van der Waals surface area contributed by atoms with Gasteiger partial charge in [-0.2, -0.15) is 11.3 Å². The van der Waals surface area contributed by atoms with Crippen LogP contribution in [-0.4, -0.2) is 17.7 Å². The van der Waals surface area contributed by atoms with Crippen molar-refractivity contribution in [3.05, 3.63) is 34.0 Å². The molecular weight excluding hydrogens is 242 g/mol. The molecule has 1 rings (SSSR count). The third-order valence-electron chi connectivity index (χ3n) is 3.09. The molecule has 18 heavy (non-hydrogen) atoms. The van der Waals surface area contributed by atoms with Gasteiger partial charge in [0.05, 0.1) is 5.60 Å². The molecule has 0 radical (unpaired) electrons. The van der Waals surface area contributed by atoms with Crippen molar-refractivity contribution in [1.29, 1.82) is 0 Å². The van der Waals surface area contributed by atoms with E-state index in [1.807, 2.05) is 23.8 Å². The van der Waals surface area contributed by atoms with Gasteiger partial charge in [-0.3, -0.25) is 0 Å². The lowest BCUT2D eigenvalue weighted by molar-refractivity contribution is 0.0545. The highest BCUT2D eigenvalue weighted by atomic mass is 32.1. The van der Waals surface area contributed by atoms with Crippen LogP contribution in [-0.2, 0) is 5.60 Å². The predicted octanol–water partition coefficient (Wildman–Crippen LogP) is 3.68. The molecule has 2 atom stereocenters. The van der Waals surface area contributed by atoms with E-state index in [0.29, 0.717) is 12.6 Å². The zero-order valence-corrected chi connectivity index (χ0v) is 12.7. The number of hydrogen-bond donors (Lipinski definition) is 2. The number of hydrogen-bond acceptors (Lipinski definition) is 3. The fourth-order valence-electron chi connectivity index (χ4n) is 1.77. The van der Waals surface area contributed by atoms with Crippen LogP contribution in [0.2, 0.25) is 0 Å². The molecule has 0 fully saturated rings. The summed E-state index contributed by atoms with van der Waals surface area (Å²) in [7, 11) is 0. The molecule has 102 valence electrons. The van der Waals surface area contributed by atoms with Crippen molar-refractivity contribution in [1.82, 2.24) is 5.32 Å². The minimum Gasteiger partial charge on any atom is -0.384 e. The van der Waals surface area contributed by atoms with E-state index in [2.05, 4.69) is 32.2 Å². The smallest absolute Gasteiger partial charge is 0.1000 e. The Kier molecular flexibility index (Phi) is 6.06. The molecule has 2 nitrogen and oxygen atoms in total. The van der Waals surface area contributed by atoms with Crippen LogP contribution in [0.15, 0.2) is 28.5 Å². The molecule has 0 aliphatic heterocycles. The van der Waals surface area contributed by atoms with Gasteiger partial charge in [0.15, 0.2) is 0 Å². The van der Waals surface area contributed by atoms with Gasteiger partial charge in [0.25, 0.3) is 0 Å². The summed E-state index contributed by atoms with van der Waals surface area (Å²) < 4.78 is 0. The van der Waals surface area contributed by atoms with E-state index in [-0.39, 0.29) is 0 Å². The van der Waals surface area contributed by atoms with E-state index in [1.165, 1.54) is 5.57 Å². The molecule has 0 saturated carbocycles. The van der Waals surface area contributed by atoms with Gasteiger partial charge < -0.3 is 10.4 Å². The normalized spacial score (nSPS) is 16.1. The van der Waals surface area contributed by atoms with Gasteiger partial charge in [-0.15, -0.1) is 0 Å². The number of allylic oxidation sites excluding steroid dienone is 2. The van der Waals surface area contributed by atoms with Gasteiger partial charge in [0, 0.05) is 12.6 Å². The topological polar surface area (TPSA) is 32.3 Å². The van der Waals surface area contributed by atoms with Crippen LogP contribution >= 0.6 is 11.3 Å². The van der Waals surface area contributed by atoms with Crippen molar-refractivity contribution in [3.8, 4) is 0 Å². The Bertz CT molecular complexity index is 364. The van der Waals surface area contributed by atoms with Crippen molar-refractivity contribution < 1.29 is 5.11 Å². The van der Waals surface area contributed by atoms with E-state index < -0.39 is 5.60 Å². The molecule has 3 heteroatoms. The monoisotopic (exact) mass is 267 g/mol. The Morgan fingerprint density at radius 2 is 2.28 bits per heavy atom. The second-order valence-electron chi connectivity index (χ2n) is 5.43. The van der Waals surface area contributed by atoms with Crippen LogP contribution in [0.3, 0.4) is 0 Å². The molecule has 2 N–H and O–H groups in total. The van der Waals surface area contributed by atoms with Crippen molar-refractivity contribution in [3.63, 3.8) is 0 Å². The highest BCUT2D eigenvalue weighted by Gasteiger charge is 2.23. The highest BCUT2D eigenvalue weighted by Crippen LogP contribution is 2.22. The predicted molar refractivity (Wildman–Crippen MR) is 80.0 cm³/mol. The van der Waals surface area contributed by atoms with Gasteiger partial charge in [-0.1, -0.05) is 11.6 Å². The quantitative estimate of drug-likeness (QED) is 0.739. The molecule has 0 aliphatic carbocycles. The van der Waals surface area contributed by atoms with Crippen LogP contribution < -0.4 is 5.32 Å². The maximum Gasteiger partial charge on any atom is 0.1000 e. The van der Waals surface area contributed by atoms with E-state index in [1.54, 1.807) is 11.3 Å². The van der Waals surface area contributed by atoms with Crippen molar-refractivity contribution in [2.75, 3.05) is 6.54 Å². The largest absolute Gasteiger partial charge is 0.384 e. The second kappa shape index (κ2) is 7.07. The first-order valence-corrected chi connectivity index (χ1v) is 7.48. The lowest BCUT2D eigenvalue weighted by Gasteiger charge is -2.25. The zero-order valence-electron chi connectivity index (χ0n) is 11.9. The molecule has 1 aromatic rings. The van der Waals surface area contributed by atoms with Crippen LogP contribution in [0.4, 0.5) is 0 Å². The number of nitrogens with one attached hydrogen (secondary N) is 1. The standard InChI is InChI=1S/C15H25NOS/c1-12(2)6-5-7-13(3)16-11-15(4,17)14-8-9-18-10-14/h6,8-10,13,16-17H,5,7,11H2,1-4H3. The first-order valence-electron chi connectivity index (χ1n) is 6.53. The SMILES string of the molecule is CC(C)=CCCC(C)NCC(C)(O)c1ccsc1. The summed E-state index contributed by atoms with van der Waals surface area (Å²) in [5.74, 6) is 0. The maximum absolute atomic E-state index is 10.4. The van der Waals surface area contributed by atoms with E-state index >= 15 is 0 Å². The second-order valence-corrected chi connectivity index (χ2v) is 6.21. The molecule has 2 unspecified atom stereocenters. The minimum atomic E-state index is -0.773. The number of thiophene rings is 1. The summed E-state index contributed by atoms with van der Waals surface area (Å²) in [6.45, 7) is 8.88. The maximum atomic E-state index is 10.4. The van der Waals surface area contributed by atoms with Gasteiger partial charge >= 0.3 is 0 Å². The number of aliphatic hydroxyl groups is 1. The van der Waals surface area contributed by atoms with Crippen LogP contribution in [0.5, 0.6) is 0 Å². The molecule has 1 aromatic heterocycles. The van der Waals surface area contributed by atoms with Crippen molar-refractivity contribution in [2.24, 2.45) is 0 Å². The number of rotatable bonds is 7. The van der Waals surface area contributed by atoms with Crippen LogP contribution in [0.1, 0.15) is 46.1 Å². The van der Waals surface area contributed by atoms with E-state index in [0.717, 1.165) is 18.4 Å². The Labute approximate surface area is 115 Å². The molecule has 0 spiro atoms. The highest BCUT2D eigenvalue weighted by molar-refractivity contribution is 7.08. The van der Waals surface area contributed by atoms with E-state index in [4.69, 9.17) is 0 Å². The lowest BCUT2D eigenvalue weighted by Crippen LogP contribution is -2.39. The molecule has 0 saturated heterocycles. The summed E-state index contributed by atoms with van der Waals surface area (Å²) in [5, 5.41) is 17.8. The lowest BCUT2D eigenvalue weighted by atomic mass is 9.98. The van der Waals surface area contributed by atoms with Gasteiger partial charge in [0.1, 0.15) is 0 Å². The molecule has 0 aliphatic rings. The fourth-order valence-corrected chi connectivity index (χ4v) is 2.55. The minimum absolute atomic E-state index is 0.422. The summed E-state index contributed by atoms with van der Waals surface area (Å²) in [4.78, 5) is 0. The zero-order chi connectivity index (χ0) is 13.6.